The Bertz CT molecular complexity index is 817. The Hall–Kier alpha value is -1.34. The lowest BCUT2D eigenvalue weighted by Crippen LogP contribution is -2.43. The Kier molecular flexibility index (Phi) is 9.41. The number of furan rings is 1. The molecule has 0 aliphatic carbocycles. The molecule has 1 unspecified atom stereocenters. The van der Waals surface area contributed by atoms with Crippen LogP contribution in [-0.4, -0.2) is 49.1 Å². The van der Waals surface area contributed by atoms with Gasteiger partial charge in [-0.1, -0.05) is 0 Å². The van der Waals surface area contributed by atoms with Gasteiger partial charge in [0.1, 0.15) is 11.5 Å². The van der Waals surface area contributed by atoms with E-state index in [1.807, 2.05) is 19.1 Å². The van der Waals surface area contributed by atoms with E-state index in [2.05, 4.69) is 25.5 Å². The summed E-state index contributed by atoms with van der Waals surface area (Å²) in [4.78, 5) is 10.3. The number of aryl methyl sites for hydroxylation is 1. The van der Waals surface area contributed by atoms with Crippen LogP contribution in [-0.2, 0) is 12.6 Å². The molecule has 11 heteroatoms. The summed E-state index contributed by atoms with van der Waals surface area (Å²) in [5.74, 6) is 2.41. The summed E-state index contributed by atoms with van der Waals surface area (Å²) in [5, 5.41) is 7.95. The average molecular weight is 557 g/mol. The first-order valence-corrected chi connectivity index (χ1v) is 10.5. The number of rotatable bonds is 7. The smallest absolute Gasteiger partial charge is 0.434 e. The highest BCUT2D eigenvalue weighted by Crippen LogP contribution is 2.30. The van der Waals surface area contributed by atoms with Gasteiger partial charge in [0.15, 0.2) is 11.7 Å². The van der Waals surface area contributed by atoms with Crippen molar-refractivity contribution in [3.8, 4) is 0 Å². The Morgan fingerprint density at radius 2 is 2.03 bits per heavy atom. The maximum absolute atomic E-state index is 12.6. The fourth-order valence-electron chi connectivity index (χ4n) is 3.35. The van der Waals surface area contributed by atoms with Crippen molar-refractivity contribution in [2.45, 2.75) is 38.4 Å². The van der Waals surface area contributed by atoms with Gasteiger partial charge in [0, 0.05) is 31.9 Å². The topological polar surface area (TPSA) is 65.7 Å². The van der Waals surface area contributed by atoms with Gasteiger partial charge in [-0.2, -0.15) is 13.2 Å². The van der Waals surface area contributed by atoms with Crippen molar-refractivity contribution in [1.29, 1.82) is 0 Å². The fraction of sp³-hybridized carbons (Fsp3) is 0.579. The van der Waals surface area contributed by atoms with Crippen LogP contribution in [0.3, 0.4) is 0 Å². The van der Waals surface area contributed by atoms with Crippen LogP contribution in [0.25, 0.3) is 0 Å². The number of aromatic nitrogens is 1. The molecule has 1 aliphatic heterocycles. The normalized spacial score (nSPS) is 16.4. The second kappa shape index (κ2) is 11.3. The third-order valence-electron chi connectivity index (χ3n) is 4.83. The van der Waals surface area contributed by atoms with Gasteiger partial charge in [-0.15, -0.1) is 35.3 Å². The average Bonchev–Trinajstić information content (AvgIpc) is 3.42. The second-order valence-electron chi connectivity index (χ2n) is 6.96. The van der Waals surface area contributed by atoms with Gasteiger partial charge in [0.2, 0.25) is 0 Å². The molecule has 30 heavy (non-hydrogen) atoms. The minimum absolute atomic E-state index is 0. The zero-order valence-electron chi connectivity index (χ0n) is 17.0. The van der Waals surface area contributed by atoms with E-state index in [1.165, 1.54) is 12.8 Å². The fourth-order valence-corrected chi connectivity index (χ4v) is 4.16. The highest BCUT2D eigenvalue weighted by Gasteiger charge is 2.33. The molecule has 0 saturated carbocycles. The van der Waals surface area contributed by atoms with Crippen molar-refractivity contribution in [3.05, 3.63) is 39.7 Å². The van der Waals surface area contributed by atoms with Gasteiger partial charge in [-0.3, -0.25) is 9.89 Å². The Morgan fingerprint density at radius 1 is 1.30 bits per heavy atom. The maximum Gasteiger partial charge on any atom is 0.434 e. The molecule has 2 aromatic rings. The van der Waals surface area contributed by atoms with Gasteiger partial charge < -0.3 is 15.1 Å². The molecule has 0 bridgehead atoms. The van der Waals surface area contributed by atoms with Crippen LogP contribution in [0.1, 0.15) is 41.1 Å². The second-order valence-corrected chi connectivity index (χ2v) is 7.90. The van der Waals surface area contributed by atoms with Crippen molar-refractivity contribution in [2.24, 2.45) is 4.99 Å². The Morgan fingerprint density at radius 3 is 2.60 bits per heavy atom. The first-order valence-electron chi connectivity index (χ1n) is 9.63. The monoisotopic (exact) mass is 557 g/mol. The number of hydrogen-bond donors (Lipinski definition) is 2. The summed E-state index contributed by atoms with van der Waals surface area (Å²) in [5.41, 5.74) is -0.831. The molecular weight excluding hydrogens is 530 g/mol. The molecule has 3 rings (SSSR count). The zero-order chi connectivity index (χ0) is 20.9. The SMILES string of the molecule is CN=C(NCCc1nc(C(F)(F)F)cs1)NCC(c1ccc(C)o1)N1CCCC1.I. The van der Waals surface area contributed by atoms with E-state index in [4.69, 9.17) is 4.42 Å². The molecular formula is C19H27F3IN5OS. The van der Waals surface area contributed by atoms with Crippen LogP contribution < -0.4 is 10.6 Å². The number of thiazole rings is 1. The van der Waals surface area contributed by atoms with Crippen LogP contribution >= 0.6 is 35.3 Å². The van der Waals surface area contributed by atoms with Crippen LogP contribution in [0.2, 0.25) is 0 Å². The van der Waals surface area contributed by atoms with E-state index in [0.717, 1.165) is 41.3 Å². The van der Waals surface area contributed by atoms with Crippen molar-refractivity contribution >= 4 is 41.3 Å². The lowest BCUT2D eigenvalue weighted by Gasteiger charge is -2.26. The van der Waals surface area contributed by atoms with E-state index < -0.39 is 11.9 Å². The highest BCUT2D eigenvalue weighted by molar-refractivity contribution is 14.0. The number of nitrogens with zero attached hydrogens (tertiary/aromatic N) is 3. The molecule has 1 saturated heterocycles. The van der Waals surface area contributed by atoms with Gasteiger partial charge in [-0.05, 0) is 45.0 Å². The van der Waals surface area contributed by atoms with Crippen molar-refractivity contribution < 1.29 is 17.6 Å². The quantitative estimate of drug-likeness (QED) is 0.303. The summed E-state index contributed by atoms with van der Waals surface area (Å²) in [6.07, 6.45) is -1.64. The predicted molar refractivity (Wildman–Crippen MR) is 123 cm³/mol. The molecule has 0 aromatic carbocycles. The van der Waals surface area contributed by atoms with E-state index in [1.54, 1.807) is 7.05 Å². The molecule has 6 nitrogen and oxygen atoms in total. The largest absolute Gasteiger partial charge is 0.465 e. The molecule has 3 heterocycles. The van der Waals surface area contributed by atoms with Crippen molar-refractivity contribution in [1.82, 2.24) is 20.5 Å². The Labute approximate surface area is 195 Å². The lowest BCUT2D eigenvalue weighted by molar-refractivity contribution is -0.140. The summed E-state index contributed by atoms with van der Waals surface area (Å²) in [6, 6.07) is 4.09. The molecule has 168 valence electrons. The van der Waals surface area contributed by atoms with E-state index in [9.17, 15) is 13.2 Å². The maximum atomic E-state index is 12.6. The molecule has 0 radical (unpaired) electrons. The van der Waals surface area contributed by atoms with E-state index in [-0.39, 0.29) is 30.0 Å². The zero-order valence-corrected chi connectivity index (χ0v) is 20.1. The van der Waals surface area contributed by atoms with Crippen LogP contribution in [0.15, 0.2) is 26.9 Å². The molecule has 0 spiro atoms. The number of hydrogen-bond acceptors (Lipinski definition) is 5. The van der Waals surface area contributed by atoms with Crippen LogP contribution in [0.5, 0.6) is 0 Å². The number of guanidine groups is 1. The van der Waals surface area contributed by atoms with Crippen LogP contribution in [0, 0.1) is 6.92 Å². The molecule has 1 atom stereocenters. The number of halogens is 4. The predicted octanol–water partition coefficient (Wildman–Crippen LogP) is 4.23. The third kappa shape index (κ3) is 6.84. The summed E-state index contributed by atoms with van der Waals surface area (Å²) >= 11 is 1.02. The standard InChI is InChI=1S/C19H26F3N5OS.HI/c1-13-5-6-15(28-13)14(27-9-3-4-10-27)11-25-18(23-2)24-8-7-17-26-16(12-29-17)19(20,21)22;/h5-6,12,14H,3-4,7-11H2,1-2H3,(H2,23,24,25);1H. The number of aliphatic imine (C=N–C) groups is 1. The number of alkyl halides is 3. The van der Waals surface area contributed by atoms with Gasteiger partial charge in [-0.25, -0.2) is 4.98 Å². The molecule has 2 N–H and O–H groups in total. The minimum atomic E-state index is -4.39. The van der Waals surface area contributed by atoms with Gasteiger partial charge >= 0.3 is 6.18 Å². The van der Waals surface area contributed by atoms with Crippen LogP contribution in [0.4, 0.5) is 13.2 Å². The summed E-state index contributed by atoms with van der Waals surface area (Å²) < 4.78 is 43.8. The highest BCUT2D eigenvalue weighted by atomic mass is 127. The number of likely N-dealkylation sites (tertiary alicyclic amines) is 1. The van der Waals surface area contributed by atoms with Gasteiger partial charge in [0.05, 0.1) is 11.0 Å². The first kappa shape index (κ1) is 24.9. The first-order chi connectivity index (χ1) is 13.9. The Balaban J connectivity index is 0.00000320. The molecule has 2 aromatic heterocycles. The van der Waals surface area contributed by atoms with Gasteiger partial charge in [0.25, 0.3) is 0 Å². The van der Waals surface area contributed by atoms with Crippen molar-refractivity contribution in [2.75, 3.05) is 33.2 Å². The lowest BCUT2D eigenvalue weighted by atomic mass is 10.2. The third-order valence-corrected chi connectivity index (χ3v) is 5.74. The molecule has 1 aliphatic rings. The van der Waals surface area contributed by atoms with E-state index >= 15 is 0 Å². The summed E-state index contributed by atoms with van der Waals surface area (Å²) in [6.45, 7) is 5.06. The summed E-state index contributed by atoms with van der Waals surface area (Å²) in [7, 11) is 1.67. The van der Waals surface area contributed by atoms with Crippen molar-refractivity contribution in [3.63, 3.8) is 0 Å². The minimum Gasteiger partial charge on any atom is -0.465 e. The molecule has 1 fully saturated rings. The molecule has 0 amide bonds. The number of nitrogens with one attached hydrogen (secondary N) is 2. The van der Waals surface area contributed by atoms with E-state index in [0.29, 0.717) is 30.5 Å².